The zero-order chi connectivity index (χ0) is 12.6. The van der Waals surface area contributed by atoms with Gasteiger partial charge in [0.1, 0.15) is 0 Å². The summed E-state index contributed by atoms with van der Waals surface area (Å²) in [6.45, 7) is 3.45. The molecule has 2 rings (SSSR count). The van der Waals surface area contributed by atoms with Gasteiger partial charge in [-0.2, -0.15) is 0 Å². The van der Waals surface area contributed by atoms with Gasteiger partial charge in [-0.15, -0.1) is 0 Å². The van der Waals surface area contributed by atoms with Crippen molar-refractivity contribution in [2.75, 3.05) is 0 Å². The minimum absolute atomic E-state index is 0.208. The molecule has 2 aromatic rings. The molecule has 4 nitrogen and oxygen atoms in total. The summed E-state index contributed by atoms with van der Waals surface area (Å²) >= 11 is 0. The number of carbonyl (C=O) groups is 1. The second-order valence-corrected chi connectivity index (χ2v) is 4.15. The van der Waals surface area contributed by atoms with Gasteiger partial charge in [-0.05, 0) is 25.0 Å². The number of aliphatic carboxylic acids is 1. The number of pyridine rings is 1. The molecular weight excluding hydrogens is 218 g/mol. The lowest BCUT2D eigenvalue weighted by Gasteiger charge is -2.11. The average molecular weight is 231 g/mol. The zero-order valence-electron chi connectivity index (χ0n) is 9.65. The minimum atomic E-state index is -0.903. The van der Waals surface area contributed by atoms with Gasteiger partial charge in [-0.25, -0.2) is 0 Å². The molecule has 0 aliphatic rings. The summed E-state index contributed by atoms with van der Waals surface area (Å²) in [5.41, 5.74) is 1.89. The van der Waals surface area contributed by atoms with Crippen LogP contribution in [-0.4, -0.2) is 16.1 Å². The normalized spacial score (nSPS) is 12.6. The quantitative estimate of drug-likeness (QED) is 0.830. The van der Waals surface area contributed by atoms with Crippen LogP contribution in [0.25, 0.3) is 10.9 Å². The molecule has 0 bridgehead atoms. The van der Waals surface area contributed by atoms with E-state index in [1.807, 2.05) is 19.1 Å². The highest BCUT2D eigenvalue weighted by Crippen LogP contribution is 2.24. The van der Waals surface area contributed by atoms with Crippen LogP contribution in [0.5, 0.6) is 0 Å². The first-order valence-electron chi connectivity index (χ1n) is 5.36. The fourth-order valence-electron chi connectivity index (χ4n) is 1.97. The van der Waals surface area contributed by atoms with Gasteiger partial charge in [-0.1, -0.05) is 18.2 Å². The Kier molecular flexibility index (Phi) is 2.71. The van der Waals surface area contributed by atoms with E-state index < -0.39 is 11.9 Å². The Bertz CT molecular complexity index is 643. The molecule has 1 aromatic carbocycles. The number of aromatic amines is 1. The number of benzene rings is 1. The topological polar surface area (TPSA) is 70.2 Å². The smallest absolute Gasteiger partial charge is 0.310 e. The highest BCUT2D eigenvalue weighted by atomic mass is 16.4. The van der Waals surface area contributed by atoms with E-state index >= 15 is 0 Å². The van der Waals surface area contributed by atoms with E-state index in [1.54, 1.807) is 13.0 Å². The third-order valence-corrected chi connectivity index (χ3v) is 2.95. The molecule has 1 heterocycles. The summed E-state index contributed by atoms with van der Waals surface area (Å²) < 4.78 is 0. The fraction of sp³-hybridized carbons (Fsp3) is 0.231. The Hall–Kier alpha value is -2.10. The lowest BCUT2D eigenvalue weighted by atomic mass is 9.97. The highest BCUT2D eigenvalue weighted by Gasteiger charge is 2.17. The van der Waals surface area contributed by atoms with E-state index in [0.29, 0.717) is 11.1 Å². The SMILES string of the molecule is Cc1cc(=O)[nH]c2c(C(C)C(=O)O)cccc12. The molecule has 0 spiro atoms. The first kappa shape index (κ1) is 11.4. The van der Waals surface area contributed by atoms with Gasteiger partial charge in [0.15, 0.2) is 0 Å². The van der Waals surface area contributed by atoms with Crippen molar-refractivity contribution in [2.45, 2.75) is 19.8 Å². The largest absolute Gasteiger partial charge is 0.481 e. The van der Waals surface area contributed by atoms with E-state index in [0.717, 1.165) is 10.9 Å². The third kappa shape index (κ3) is 1.93. The first-order chi connectivity index (χ1) is 8.00. The van der Waals surface area contributed by atoms with Crippen molar-refractivity contribution in [3.05, 3.63) is 45.7 Å². The molecule has 0 aliphatic carbocycles. The summed E-state index contributed by atoms with van der Waals surface area (Å²) in [5, 5.41) is 9.93. The second-order valence-electron chi connectivity index (χ2n) is 4.15. The Balaban J connectivity index is 2.81. The van der Waals surface area contributed by atoms with Crippen molar-refractivity contribution in [1.82, 2.24) is 4.98 Å². The van der Waals surface area contributed by atoms with Gasteiger partial charge in [0, 0.05) is 11.5 Å². The predicted octanol–water partition coefficient (Wildman–Crippen LogP) is 2.02. The van der Waals surface area contributed by atoms with Gasteiger partial charge in [0.05, 0.1) is 11.4 Å². The van der Waals surface area contributed by atoms with E-state index in [2.05, 4.69) is 4.98 Å². The number of carboxylic acid groups (broad SMARTS) is 1. The Morgan fingerprint density at radius 2 is 2.12 bits per heavy atom. The van der Waals surface area contributed by atoms with Crippen LogP contribution in [-0.2, 0) is 4.79 Å². The van der Waals surface area contributed by atoms with Crippen molar-refractivity contribution in [1.29, 1.82) is 0 Å². The molecule has 0 amide bonds. The minimum Gasteiger partial charge on any atom is -0.481 e. The van der Waals surface area contributed by atoms with Crippen molar-refractivity contribution in [3.63, 3.8) is 0 Å². The van der Waals surface area contributed by atoms with Crippen LogP contribution in [0.2, 0.25) is 0 Å². The van der Waals surface area contributed by atoms with Gasteiger partial charge in [0.25, 0.3) is 0 Å². The van der Waals surface area contributed by atoms with Gasteiger partial charge >= 0.3 is 5.97 Å². The fourth-order valence-corrected chi connectivity index (χ4v) is 1.97. The Labute approximate surface area is 97.9 Å². The van der Waals surface area contributed by atoms with Crippen molar-refractivity contribution in [3.8, 4) is 0 Å². The van der Waals surface area contributed by atoms with Crippen LogP contribution >= 0.6 is 0 Å². The number of H-pyrrole nitrogens is 1. The maximum Gasteiger partial charge on any atom is 0.310 e. The van der Waals surface area contributed by atoms with E-state index in [9.17, 15) is 9.59 Å². The number of carboxylic acids is 1. The summed E-state index contributed by atoms with van der Waals surface area (Å²) in [4.78, 5) is 25.2. The van der Waals surface area contributed by atoms with Crippen molar-refractivity contribution >= 4 is 16.9 Å². The molecule has 1 atom stereocenters. The zero-order valence-corrected chi connectivity index (χ0v) is 9.65. The summed E-state index contributed by atoms with van der Waals surface area (Å²) in [6, 6.07) is 6.93. The standard InChI is InChI=1S/C13H13NO3/c1-7-6-11(15)14-12-9(7)4-3-5-10(12)8(2)13(16)17/h3-6,8H,1-2H3,(H,14,15)(H,16,17). The molecule has 4 heteroatoms. The molecule has 1 unspecified atom stereocenters. The highest BCUT2D eigenvalue weighted by molar-refractivity contribution is 5.89. The number of aromatic nitrogens is 1. The third-order valence-electron chi connectivity index (χ3n) is 2.95. The number of nitrogens with one attached hydrogen (secondary N) is 1. The number of rotatable bonds is 2. The molecule has 0 aliphatic heterocycles. The molecule has 0 fully saturated rings. The van der Waals surface area contributed by atoms with Crippen LogP contribution < -0.4 is 5.56 Å². The number of aryl methyl sites for hydroxylation is 1. The molecule has 0 saturated heterocycles. The van der Waals surface area contributed by atoms with E-state index in [1.165, 1.54) is 6.07 Å². The van der Waals surface area contributed by atoms with Gasteiger partial charge in [-0.3, -0.25) is 9.59 Å². The van der Waals surface area contributed by atoms with Gasteiger partial charge in [0.2, 0.25) is 5.56 Å². The maximum atomic E-state index is 11.4. The Morgan fingerprint density at radius 3 is 2.76 bits per heavy atom. The molecule has 0 saturated carbocycles. The van der Waals surface area contributed by atoms with Crippen LogP contribution in [0, 0.1) is 6.92 Å². The molecule has 88 valence electrons. The number of hydrogen-bond donors (Lipinski definition) is 2. The summed E-state index contributed by atoms with van der Waals surface area (Å²) in [7, 11) is 0. The molecule has 1 aromatic heterocycles. The predicted molar refractivity (Wildman–Crippen MR) is 65.4 cm³/mol. The van der Waals surface area contributed by atoms with Crippen LogP contribution in [0.3, 0.4) is 0 Å². The van der Waals surface area contributed by atoms with E-state index in [-0.39, 0.29) is 5.56 Å². The molecule has 2 N–H and O–H groups in total. The van der Waals surface area contributed by atoms with Crippen molar-refractivity contribution < 1.29 is 9.90 Å². The number of hydrogen-bond acceptors (Lipinski definition) is 2. The lowest BCUT2D eigenvalue weighted by Crippen LogP contribution is -2.11. The lowest BCUT2D eigenvalue weighted by molar-refractivity contribution is -0.138. The second kappa shape index (κ2) is 4.05. The van der Waals surface area contributed by atoms with Crippen LogP contribution in [0.4, 0.5) is 0 Å². The van der Waals surface area contributed by atoms with Crippen LogP contribution in [0.1, 0.15) is 24.0 Å². The number of para-hydroxylation sites is 1. The molecule has 0 radical (unpaired) electrons. The summed E-state index contributed by atoms with van der Waals surface area (Å²) in [6.07, 6.45) is 0. The van der Waals surface area contributed by atoms with Crippen LogP contribution in [0.15, 0.2) is 29.1 Å². The molecule has 17 heavy (non-hydrogen) atoms. The Morgan fingerprint density at radius 1 is 1.41 bits per heavy atom. The number of fused-ring (bicyclic) bond motifs is 1. The first-order valence-corrected chi connectivity index (χ1v) is 5.36. The van der Waals surface area contributed by atoms with Crippen molar-refractivity contribution in [2.24, 2.45) is 0 Å². The average Bonchev–Trinajstić information content (AvgIpc) is 2.27. The summed E-state index contributed by atoms with van der Waals surface area (Å²) in [5.74, 6) is -1.55. The maximum absolute atomic E-state index is 11.4. The monoisotopic (exact) mass is 231 g/mol. The van der Waals surface area contributed by atoms with E-state index in [4.69, 9.17) is 5.11 Å². The van der Waals surface area contributed by atoms with Gasteiger partial charge < -0.3 is 10.1 Å². The molecular formula is C13H13NO3.